The Kier molecular flexibility index (Phi) is 1.62. The van der Waals surface area contributed by atoms with Crippen LogP contribution in [-0.2, 0) is 14.3 Å². The summed E-state index contributed by atoms with van der Waals surface area (Å²) in [5.74, 6) is -0.0893. The van der Waals surface area contributed by atoms with Crippen molar-refractivity contribution in [3.63, 3.8) is 0 Å². The Hall–Kier alpha value is -0.700. The highest BCUT2D eigenvalue weighted by molar-refractivity contribution is 6.23. The molecule has 4 heteroatoms. The summed E-state index contributed by atoms with van der Waals surface area (Å²) in [5, 5.41) is 0. The van der Waals surface area contributed by atoms with Crippen molar-refractivity contribution in [3.05, 3.63) is 11.8 Å². The molecule has 1 atom stereocenters. The highest BCUT2D eigenvalue weighted by Gasteiger charge is 2.24. The van der Waals surface area contributed by atoms with E-state index in [-0.39, 0.29) is 0 Å². The lowest BCUT2D eigenvalue weighted by Crippen LogP contribution is -2.03. The van der Waals surface area contributed by atoms with E-state index in [1.165, 1.54) is 13.2 Å². The van der Waals surface area contributed by atoms with Crippen molar-refractivity contribution >= 4 is 17.6 Å². The number of cyclic esters (lactones) is 1. The Balaban J connectivity index is 2.68. The first-order chi connectivity index (χ1) is 4.24. The van der Waals surface area contributed by atoms with Gasteiger partial charge < -0.3 is 9.47 Å². The number of carbonyl (C=O) groups is 1. The maximum absolute atomic E-state index is 10.4. The highest BCUT2D eigenvalue weighted by atomic mass is 35.5. The predicted molar refractivity (Wildman–Crippen MR) is 30.8 cm³/mol. The van der Waals surface area contributed by atoms with Crippen molar-refractivity contribution in [1.29, 1.82) is 0 Å². The highest BCUT2D eigenvalue weighted by Crippen LogP contribution is 2.18. The number of carbonyl (C=O) groups excluding carboxylic acids is 1. The van der Waals surface area contributed by atoms with Crippen molar-refractivity contribution in [1.82, 2.24) is 0 Å². The average Bonchev–Trinajstić information content (AvgIpc) is 2.10. The molecule has 0 aromatic heterocycles. The van der Waals surface area contributed by atoms with E-state index in [0.29, 0.717) is 5.76 Å². The largest absolute Gasteiger partial charge is 0.495 e. The van der Waals surface area contributed by atoms with Gasteiger partial charge in [0, 0.05) is 0 Å². The van der Waals surface area contributed by atoms with E-state index in [0.717, 1.165) is 0 Å². The van der Waals surface area contributed by atoms with E-state index >= 15 is 0 Å². The molecule has 0 aromatic rings. The maximum atomic E-state index is 10.4. The molecular weight excluding hydrogens is 144 g/mol. The third-order valence-electron chi connectivity index (χ3n) is 0.939. The van der Waals surface area contributed by atoms with Gasteiger partial charge in [0.2, 0.25) is 5.56 Å². The van der Waals surface area contributed by atoms with Crippen molar-refractivity contribution in [2.24, 2.45) is 0 Å². The van der Waals surface area contributed by atoms with Crippen molar-refractivity contribution < 1.29 is 14.3 Å². The molecule has 0 N–H and O–H groups in total. The van der Waals surface area contributed by atoms with Gasteiger partial charge in [0.15, 0.2) is 5.76 Å². The van der Waals surface area contributed by atoms with Crippen LogP contribution in [0.5, 0.6) is 0 Å². The van der Waals surface area contributed by atoms with Gasteiger partial charge >= 0.3 is 5.97 Å². The van der Waals surface area contributed by atoms with Gasteiger partial charge in [0.1, 0.15) is 0 Å². The molecule has 0 aromatic carbocycles. The molecular formula is C5H5ClO3. The Morgan fingerprint density at radius 3 is 2.78 bits per heavy atom. The molecule has 1 heterocycles. The van der Waals surface area contributed by atoms with Crippen LogP contribution in [0, 0.1) is 0 Å². The van der Waals surface area contributed by atoms with E-state index in [9.17, 15) is 4.79 Å². The standard InChI is InChI=1S/C5H5ClO3/c1-8-3-2-4(7)9-5(3)6/h2,5H,1H3. The Morgan fingerprint density at radius 2 is 2.56 bits per heavy atom. The fourth-order valence-corrected chi connectivity index (χ4v) is 0.767. The second kappa shape index (κ2) is 2.27. The number of rotatable bonds is 1. The lowest BCUT2D eigenvalue weighted by atomic mass is 10.5. The number of ether oxygens (including phenoxy) is 2. The molecule has 0 amide bonds. The average molecular weight is 149 g/mol. The Morgan fingerprint density at radius 1 is 1.89 bits per heavy atom. The van der Waals surface area contributed by atoms with Crippen LogP contribution in [0.15, 0.2) is 11.8 Å². The lowest BCUT2D eigenvalue weighted by molar-refractivity contribution is -0.136. The lowest BCUT2D eigenvalue weighted by Gasteiger charge is -2.02. The van der Waals surface area contributed by atoms with E-state index in [1.807, 2.05) is 0 Å². The minimum Gasteiger partial charge on any atom is -0.495 e. The molecule has 0 spiro atoms. The van der Waals surface area contributed by atoms with Crippen LogP contribution in [0.3, 0.4) is 0 Å². The zero-order valence-electron chi connectivity index (χ0n) is 4.76. The monoisotopic (exact) mass is 148 g/mol. The molecule has 50 valence electrons. The molecule has 0 bridgehead atoms. The second-order valence-corrected chi connectivity index (χ2v) is 1.90. The maximum Gasteiger partial charge on any atom is 0.336 e. The molecule has 1 aliphatic rings. The molecule has 0 radical (unpaired) electrons. The third kappa shape index (κ3) is 1.16. The Bertz CT molecular complexity index is 164. The SMILES string of the molecule is COC1=CC(=O)OC1Cl. The second-order valence-electron chi connectivity index (χ2n) is 1.50. The summed E-state index contributed by atoms with van der Waals surface area (Å²) in [6.07, 6.45) is 1.22. The number of esters is 1. The number of halogens is 1. The smallest absolute Gasteiger partial charge is 0.336 e. The Labute approximate surface area is 57.2 Å². The summed E-state index contributed by atoms with van der Waals surface area (Å²) in [7, 11) is 1.43. The van der Waals surface area contributed by atoms with Gasteiger partial charge in [-0.05, 0) is 0 Å². The van der Waals surface area contributed by atoms with E-state index in [2.05, 4.69) is 9.47 Å². The molecule has 0 saturated carbocycles. The van der Waals surface area contributed by atoms with Gasteiger partial charge in [-0.1, -0.05) is 11.6 Å². The number of alkyl halides is 1. The first kappa shape index (κ1) is 6.42. The van der Waals surface area contributed by atoms with Crippen molar-refractivity contribution in [3.8, 4) is 0 Å². The minimum absolute atomic E-state index is 0.363. The van der Waals surface area contributed by atoms with Crippen LogP contribution in [0.4, 0.5) is 0 Å². The van der Waals surface area contributed by atoms with Crippen LogP contribution >= 0.6 is 11.6 Å². The number of hydrogen-bond donors (Lipinski definition) is 0. The minimum atomic E-state index is -0.734. The number of methoxy groups -OCH3 is 1. The fourth-order valence-electron chi connectivity index (χ4n) is 0.527. The van der Waals surface area contributed by atoms with Gasteiger partial charge in [-0.25, -0.2) is 4.79 Å². The molecule has 1 rings (SSSR count). The summed E-state index contributed by atoms with van der Waals surface area (Å²) in [5.41, 5.74) is -0.734. The van der Waals surface area contributed by atoms with E-state index in [1.54, 1.807) is 0 Å². The molecule has 0 aliphatic carbocycles. The van der Waals surface area contributed by atoms with Crippen LogP contribution in [0.25, 0.3) is 0 Å². The topological polar surface area (TPSA) is 35.5 Å². The number of hydrogen-bond acceptors (Lipinski definition) is 3. The third-order valence-corrected chi connectivity index (χ3v) is 1.24. The van der Waals surface area contributed by atoms with Gasteiger partial charge in [-0.2, -0.15) is 0 Å². The summed E-state index contributed by atoms with van der Waals surface area (Å²) in [6.45, 7) is 0. The zero-order valence-corrected chi connectivity index (χ0v) is 5.51. The summed E-state index contributed by atoms with van der Waals surface area (Å²) in [4.78, 5) is 10.4. The predicted octanol–water partition coefficient (Wildman–Crippen LogP) is 0.638. The van der Waals surface area contributed by atoms with Crippen LogP contribution in [0.2, 0.25) is 0 Å². The molecule has 0 saturated heterocycles. The van der Waals surface area contributed by atoms with Crippen LogP contribution < -0.4 is 0 Å². The van der Waals surface area contributed by atoms with Crippen LogP contribution in [0.1, 0.15) is 0 Å². The first-order valence-corrected chi connectivity index (χ1v) is 2.78. The molecule has 1 unspecified atom stereocenters. The van der Waals surface area contributed by atoms with Crippen molar-refractivity contribution in [2.75, 3.05) is 7.11 Å². The molecule has 3 nitrogen and oxygen atoms in total. The summed E-state index contributed by atoms with van der Waals surface area (Å²) >= 11 is 5.44. The quantitative estimate of drug-likeness (QED) is 0.404. The molecule has 0 fully saturated rings. The summed E-state index contributed by atoms with van der Waals surface area (Å²) < 4.78 is 9.15. The molecule has 1 aliphatic heterocycles. The first-order valence-electron chi connectivity index (χ1n) is 2.34. The van der Waals surface area contributed by atoms with Crippen molar-refractivity contribution in [2.45, 2.75) is 5.56 Å². The zero-order chi connectivity index (χ0) is 6.85. The van der Waals surface area contributed by atoms with E-state index in [4.69, 9.17) is 11.6 Å². The van der Waals surface area contributed by atoms with Gasteiger partial charge in [-0.15, -0.1) is 0 Å². The van der Waals surface area contributed by atoms with Crippen LogP contribution in [-0.4, -0.2) is 18.6 Å². The molecule has 9 heavy (non-hydrogen) atoms. The summed E-state index contributed by atoms with van der Waals surface area (Å²) in [6, 6.07) is 0. The van der Waals surface area contributed by atoms with Gasteiger partial charge in [0.25, 0.3) is 0 Å². The normalized spacial score (nSPS) is 25.3. The van der Waals surface area contributed by atoms with E-state index < -0.39 is 11.5 Å². The fraction of sp³-hybridized carbons (Fsp3) is 0.400. The van der Waals surface area contributed by atoms with Gasteiger partial charge in [-0.3, -0.25) is 0 Å². The van der Waals surface area contributed by atoms with Gasteiger partial charge in [0.05, 0.1) is 13.2 Å².